The molecule has 4 aromatic rings. The predicted molar refractivity (Wildman–Crippen MR) is 138 cm³/mol. The van der Waals surface area contributed by atoms with E-state index in [-0.39, 0.29) is 17.0 Å². The van der Waals surface area contributed by atoms with E-state index < -0.39 is 18.0 Å². The van der Waals surface area contributed by atoms with Gasteiger partial charge in [0, 0.05) is 41.8 Å². The molecule has 0 saturated carbocycles. The Morgan fingerprint density at radius 3 is 2.35 bits per heavy atom. The van der Waals surface area contributed by atoms with Crippen LogP contribution in [0.25, 0.3) is 22.0 Å². The maximum atomic E-state index is 12.8. The van der Waals surface area contributed by atoms with E-state index in [1.54, 1.807) is 24.3 Å². The summed E-state index contributed by atoms with van der Waals surface area (Å²) in [5.74, 6) is -1.60. The van der Waals surface area contributed by atoms with Crippen molar-refractivity contribution in [2.24, 2.45) is 5.73 Å². The first kappa shape index (κ1) is 25.0. The van der Waals surface area contributed by atoms with Crippen molar-refractivity contribution in [3.8, 4) is 16.9 Å². The number of imide groups is 1. The number of carbonyl (C=O) groups is 3. The fraction of sp³-hybridized carbons (Fsp3) is 0.111. The molecule has 188 valence electrons. The van der Waals surface area contributed by atoms with Crippen molar-refractivity contribution >= 4 is 34.7 Å². The lowest BCUT2D eigenvalue weighted by molar-refractivity contribution is 0.0696. The molecule has 0 aliphatic heterocycles. The van der Waals surface area contributed by atoms with Crippen LogP contribution in [0.15, 0.2) is 66.9 Å². The van der Waals surface area contributed by atoms with E-state index in [4.69, 9.17) is 15.9 Å². The second-order valence-electron chi connectivity index (χ2n) is 8.37. The number of fused-ring (bicyclic) bond motifs is 1. The van der Waals surface area contributed by atoms with E-state index in [2.05, 4.69) is 0 Å². The summed E-state index contributed by atoms with van der Waals surface area (Å²) in [6.45, 7) is 0.326. The monoisotopic (exact) mass is 500 g/mol. The molecule has 0 saturated heterocycles. The number of methoxy groups -OCH3 is 1. The Hall–Kier alpha value is -5.12. The lowest BCUT2D eigenvalue weighted by Gasteiger charge is -2.17. The number of hydrogen-bond acceptors (Lipinski definition) is 5. The molecule has 4 rings (SSSR count). The van der Waals surface area contributed by atoms with Crippen LogP contribution in [0.3, 0.4) is 0 Å². The molecule has 1 heterocycles. The highest BCUT2D eigenvalue weighted by molar-refractivity contribution is 6.04. The van der Waals surface area contributed by atoms with E-state index in [1.165, 1.54) is 25.3 Å². The van der Waals surface area contributed by atoms with Crippen LogP contribution < -0.4 is 10.5 Å². The Balaban J connectivity index is 1.88. The highest BCUT2D eigenvalue weighted by atomic mass is 16.5. The third kappa shape index (κ3) is 4.85. The lowest BCUT2D eigenvalue weighted by atomic mass is 9.93. The van der Waals surface area contributed by atoms with Gasteiger partial charge >= 0.3 is 12.1 Å². The van der Waals surface area contributed by atoms with Gasteiger partial charge in [-0.3, -0.25) is 10.2 Å². The second kappa shape index (κ2) is 9.86. The fourth-order valence-electron chi connectivity index (χ4n) is 4.13. The summed E-state index contributed by atoms with van der Waals surface area (Å²) in [6, 6.07) is 16.6. The van der Waals surface area contributed by atoms with Gasteiger partial charge in [-0.05, 0) is 71.3 Å². The third-order valence-corrected chi connectivity index (χ3v) is 6.12. The number of hydrogen-bond donors (Lipinski definition) is 4. The molecule has 5 N–H and O–H groups in total. The number of ether oxygens (including phenoxy) is 1. The molecule has 0 unspecified atom stereocenters. The quantitative estimate of drug-likeness (QED) is 0.220. The molecular weight excluding hydrogens is 476 g/mol. The summed E-state index contributed by atoms with van der Waals surface area (Å²) < 4.78 is 7.14. The van der Waals surface area contributed by atoms with Crippen LogP contribution in [0, 0.1) is 5.41 Å². The van der Waals surface area contributed by atoms with Gasteiger partial charge in [0.2, 0.25) is 0 Å². The zero-order valence-corrected chi connectivity index (χ0v) is 20.1. The minimum atomic E-state index is -1.41. The highest BCUT2D eigenvalue weighted by Crippen LogP contribution is 2.33. The molecule has 0 atom stereocenters. The summed E-state index contributed by atoms with van der Waals surface area (Å²) in [5.41, 5.74) is 8.67. The number of carboxylic acid groups (broad SMARTS) is 2. The summed E-state index contributed by atoms with van der Waals surface area (Å²) in [6.07, 6.45) is 0.455. The molecule has 0 bridgehead atoms. The predicted octanol–water partition coefficient (Wildman–Crippen LogP) is 4.10. The number of aromatic carboxylic acids is 1. The van der Waals surface area contributed by atoms with Crippen molar-refractivity contribution in [3.63, 3.8) is 0 Å². The SMILES string of the molecule is COc1ccc(-c2cc(C(=O)N(C)C(=O)O)ccc2Cn2ccc3cc(C(=N)N)ccc32)c(C(=O)O)c1. The molecule has 0 spiro atoms. The third-order valence-electron chi connectivity index (χ3n) is 6.12. The maximum Gasteiger partial charge on any atom is 0.414 e. The van der Waals surface area contributed by atoms with E-state index in [0.29, 0.717) is 39.4 Å². The van der Waals surface area contributed by atoms with Crippen LogP contribution >= 0.6 is 0 Å². The minimum absolute atomic E-state index is 0.0275. The standard InChI is InChI=1S/C27H24N4O6/c1-30(27(35)36)25(32)17-3-4-18(14-31-10-9-15-11-16(24(28)29)5-8-23(15)31)21(12-17)20-7-6-19(37-2)13-22(20)26(33)34/h3-13H,14H2,1-2H3,(H3,28,29)(H,33,34)(H,35,36). The topological polar surface area (TPSA) is 159 Å². The van der Waals surface area contributed by atoms with Crippen LogP contribution in [0.2, 0.25) is 0 Å². The van der Waals surface area contributed by atoms with Gasteiger partial charge in [0.25, 0.3) is 5.91 Å². The van der Waals surface area contributed by atoms with Crippen LogP contribution in [-0.2, 0) is 6.54 Å². The number of carbonyl (C=O) groups excluding carboxylic acids is 1. The van der Waals surface area contributed by atoms with Gasteiger partial charge in [-0.2, -0.15) is 0 Å². The number of amides is 2. The molecule has 10 heteroatoms. The summed E-state index contributed by atoms with van der Waals surface area (Å²) in [7, 11) is 2.58. The number of aromatic nitrogens is 1. The maximum absolute atomic E-state index is 12.8. The largest absolute Gasteiger partial charge is 0.497 e. The number of benzene rings is 3. The Bertz CT molecular complexity index is 1570. The van der Waals surface area contributed by atoms with Crippen molar-refractivity contribution in [2.75, 3.05) is 14.2 Å². The molecule has 0 aliphatic rings. The van der Waals surface area contributed by atoms with Crippen molar-refractivity contribution < 1.29 is 29.3 Å². The van der Waals surface area contributed by atoms with Crippen LogP contribution in [0.1, 0.15) is 31.8 Å². The Morgan fingerprint density at radius 2 is 1.70 bits per heavy atom. The number of nitrogens with two attached hydrogens (primary N) is 1. The first-order valence-corrected chi connectivity index (χ1v) is 11.1. The molecule has 10 nitrogen and oxygen atoms in total. The molecule has 0 fully saturated rings. The van der Waals surface area contributed by atoms with Crippen LogP contribution in [0.5, 0.6) is 5.75 Å². The number of nitrogen functional groups attached to an aromatic ring is 1. The van der Waals surface area contributed by atoms with E-state index >= 15 is 0 Å². The molecular formula is C27H24N4O6. The number of nitrogens with one attached hydrogen (secondary N) is 1. The van der Waals surface area contributed by atoms with Crippen LogP contribution in [0.4, 0.5) is 4.79 Å². The van der Waals surface area contributed by atoms with Gasteiger partial charge in [0.1, 0.15) is 11.6 Å². The van der Waals surface area contributed by atoms with Crippen molar-refractivity contribution in [2.45, 2.75) is 6.54 Å². The second-order valence-corrected chi connectivity index (χ2v) is 8.37. The Morgan fingerprint density at radius 1 is 0.973 bits per heavy atom. The molecule has 1 aromatic heterocycles. The van der Waals surface area contributed by atoms with Crippen molar-refractivity contribution in [3.05, 3.63) is 89.1 Å². The van der Waals surface area contributed by atoms with Gasteiger partial charge in [0.15, 0.2) is 0 Å². The molecule has 0 radical (unpaired) electrons. The van der Waals surface area contributed by atoms with Gasteiger partial charge < -0.3 is 25.3 Å². The van der Waals surface area contributed by atoms with Gasteiger partial charge in [0.05, 0.1) is 12.7 Å². The number of amidine groups is 1. The average molecular weight is 501 g/mol. The average Bonchev–Trinajstić information content (AvgIpc) is 3.29. The van der Waals surface area contributed by atoms with Gasteiger partial charge in [-0.25, -0.2) is 14.5 Å². The van der Waals surface area contributed by atoms with E-state index in [1.807, 2.05) is 29.0 Å². The van der Waals surface area contributed by atoms with E-state index in [0.717, 1.165) is 18.0 Å². The van der Waals surface area contributed by atoms with Gasteiger partial charge in [-0.15, -0.1) is 0 Å². The number of nitrogens with zero attached hydrogens (tertiary/aromatic N) is 2. The molecule has 0 aliphatic carbocycles. The molecule has 3 aromatic carbocycles. The van der Waals surface area contributed by atoms with Crippen molar-refractivity contribution in [1.82, 2.24) is 9.47 Å². The van der Waals surface area contributed by atoms with Crippen LogP contribution in [-0.4, -0.2) is 57.6 Å². The zero-order valence-electron chi connectivity index (χ0n) is 20.1. The fourth-order valence-corrected chi connectivity index (χ4v) is 4.13. The summed E-state index contributed by atoms with van der Waals surface area (Å²) >= 11 is 0. The highest BCUT2D eigenvalue weighted by Gasteiger charge is 2.22. The smallest absolute Gasteiger partial charge is 0.414 e. The number of carboxylic acids is 1. The summed E-state index contributed by atoms with van der Waals surface area (Å²) in [5, 5.41) is 27.7. The first-order valence-electron chi connectivity index (χ1n) is 11.1. The molecule has 37 heavy (non-hydrogen) atoms. The normalized spacial score (nSPS) is 10.8. The van der Waals surface area contributed by atoms with Crippen molar-refractivity contribution in [1.29, 1.82) is 5.41 Å². The Kier molecular flexibility index (Phi) is 6.66. The number of rotatable bonds is 7. The molecule has 2 amide bonds. The first-order chi connectivity index (χ1) is 17.6. The minimum Gasteiger partial charge on any atom is -0.497 e. The summed E-state index contributed by atoms with van der Waals surface area (Å²) in [4.78, 5) is 36.8. The zero-order chi connectivity index (χ0) is 26.9. The van der Waals surface area contributed by atoms with Gasteiger partial charge in [-0.1, -0.05) is 6.07 Å². The van der Waals surface area contributed by atoms with E-state index in [9.17, 15) is 24.6 Å². The lowest BCUT2D eigenvalue weighted by Crippen LogP contribution is -2.31. The Labute approximate surface area is 211 Å².